The van der Waals surface area contributed by atoms with Crippen LogP contribution in [-0.4, -0.2) is 0 Å². The van der Waals surface area contributed by atoms with Crippen molar-refractivity contribution >= 4 is 33.7 Å². The van der Waals surface area contributed by atoms with Crippen molar-refractivity contribution in [3.05, 3.63) is 155 Å². The van der Waals surface area contributed by atoms with E-state index in [1.165, 1.54) is 80.6 Å². The Morgan fingerprint density at radius 2 is 0.837 bits per heavy atom. The molecule has 1 aliphatic heterocycles. The molecule has 49 heavy (non-hydrogen) atoms. The molecule has 4 aliphatic rings. The second kappa shape index (κ2) is 12.5. The molecular formula is C46H40Cl2Hf. The van der Waals surface area contributed by atoms with Gasteiger partial charge in [-0.05, 0) is 0 Å². The third-order valence-electron chi connectivity index (χ3n) is 12.7. The SMILES string of the molecule is CC1=Cc2c(-c3cccc4ccccc34)cccc2[CH]1[Hf+2]1([CH]2C(C)=Cc3c(-c4cccc5ccccc45)cccc32)[CH]2CCCC[CH]21.[Cl-].[Cl-]. The normalized spacial score (nSPS) is 23.3. The Bertz CT molecular complexity index is 2150. The monoisotopic (exact) mass is 842 g/mol. The Balaban J connectivity index is 0.00000174. The predicted octanol–water partition coefficient (Wildman–Crippen LogP) is 7.27. The van der Waals surface area contributed by atoms with E-state index in [0.29, 0.717) is 7.35 Å². The molecular weight excluding hydrogens is 802 g/mol. The summed E-state index contributed by atoms with van der Waals surface area (Å²) in [4.78, 5) is 0. The topological polar surface area (TPSA) is 0 Å². The van der Waals surface area contributed by atoms with Gasteiger partial charge in [0.25, 0.3) is 0 Å². The summed E-state index contributed by atoms with van der Waals surface area (Å²) in [6.07, 6.45) is 11.1. The van der Waals surface area contributed by atoms with Crippen molar-refractivity contribution in [1.29, 1.82) is 0 Å². The Morgan fingerprint density at radius 1 is 0.449 bits per heavy atom. The van der Waals surface area contributed by atoms with Crippen LogP contribution >= 0.6 is 0 Å². The molecule has 242 valence electrons. The van der Waals surface area contributed by atoms with E-state index in [2.05, 4.69) is 147 Å². The molecule has 10 rings (SSSR count). The molecule has 0 nitrogen and oxygen atoms in total. The zero-order valence-corrected chi connectivity index (χ0v) is 33.2. The average Bonchev–Trinajstić information content (AvgIpc) is 3.42. The van der Waals surface area contributed by atoms with Crippen molar-refractivity contribution in [2.24, 2.45) is 0 Å². The third kappa shape index (κ3) is 4.72. The van der Waals surface area contributed by atoms with E-state index >= 15 is 0 Å². The summed E-state index contributed by atoms with van der Waals surface area (Å²) in [6, 6.07) is 46.2. The van der Waals surface area contributed by atoms with E-state index in [9.17, 15) is 0 Å². The number of benzene rings is 6. The second-order valence-corrected chi connectivity index (χ2v) is 31.5. The summed E-state index contributed by atoms with van der Waals surface area (Å²) in [5.41, 5.74) is 15.3. The van der Waals surface area contributed by atoms with Gasteiger partial charge < -0.3 is 24.8 Å². The molecule has 0 radical (unpaired) electrons. The zero-order valence-electron chi connectivity index (χ0n) is 28.1. The largest absolute Gasteiger partial charge is 1.00 e. The van der Waals surface area contributed by atoms with E-state index in [4.69, 9.17) is 0 Å². The first-order valence-corrected chi connectivity index (χ1v) is 26.0. The van der Waals surface area contributed by atoms with E-state index in [1.807, 2.05) is 0 Å². The van der Waals surface area contributed by atoms with Crippen LogP contribution in [-0.2, 0) is 20.0 Å². The molecule has 0 N–H and O–H groups in total. The van der Waals surface area contributed by atoms with Crippen LogP contribution in [0.2, 0.25) is 7.35 Å². The van der Waals surface area contributed by atoms with Crippen LogP contribution in [0, 0.1) is 0 Å². The van der Waals surface area contributed by atoms with Gasteiger partial charge in [-0.25, -0.2) is 0 Å². The summed E-state index contributed by atoms with van der Waals surface area (Å²) in [5, 5.41) is 5.38. The van der Waals surface area contributed by atoms with Gasteiger partial charge >= 0.3 is 285 Å². The Morgan fingerprint density at radius 3 is 1.31 bits per heavy atom. The molecule has 1 saturated heterocycles. The van der Waals surface area contributed by atoms with Crippen LogP contribution in [0.15, 0.2) is 132 Å². The molecule has 4 unspecified atom stereocenters. The average molecular weight is 842 g/mol. The maximum atomic E-state index is 2.63. The van der Waals surface area contributed by atoms with Crippen molar-refractivity contribution in [2.45, 2.75) is 54.2 Å². The van der Waals surface area contributed by atoms with Crippen LogP contribution in [0.4, 0.5) is 0 Å². The first-order valence-electron chi connectivity index (χ1n) is 17.7. The summed E-state index contributed by atoms with van der Waals surface area (Å²) >= 11 is -3.18. The molecule has 2 fully saturated rings. The molecule has 3 aliphatic carbocycles. The van der Waals surface area contributed by atoms with Crippen LogP contribution < -0.4 is 24.8 Å². The first-order chi connectivity index (χ1) is 23.2. The van der Waals surface area contributed by atoms with Gasteiger partial charge in [-0.3, -0.25) is 0 Å². The smallest absolute Gasteiger partial charge is 1.00 e. The van der Waals surface area contributed by atoms with Crippen LogP contribution in [0.1, 0.15) is 69.1 Å². The Kier molecular flexibility index (Phi) is 8.42. The minimum Gasteiger partial charge on any atom is -1.00 e. The third-order valence-corrected chi connectivity index (χ3v) is 38.2. The van der Waals surface area contributed by atoms with Gasteiger partial charge in [-0.15, -0.1) is 0 Å². The summed E-state index contributed by atoms with van der Waals surface area (Å²) in [5.74, 6) is 0. The maximum Gasteiger partial charge on any atom is -1.00 e. The molecule has 0 aromatic heterocycles. The van der Waals surface area contributed by atoms with Crippen molar-refractivity contribution in [3.63, 3.8) is 0 Å². The number of fused-ring (bicyclic) bond motifs is 5. The summed E-state index contributed by atoms with van der Waals surface area (Å²) < 4.78 is 3.33. The maximum absolute atomic E-state index is 3.18. The second-order valence-electron chi connectivity index (χ2n) is 14.8. The zero-order chi connectivity index (χ0) is 31.3. The van der Waals surface area contributed by atoms with E-state index in [-0.39, 0.29) is 24.8 Å². The van der Waals surface area contributed by atoms with Crippen molar-refractivity contribution < 1.29 is 44.8 Å². The number of hydrogen-bond acceptors (Lipinski definition) is 0. The van der Waals surface area contributed by atoms with Crippen LogP contribution in [0.5, 0.6) is 0 Å². The molecule has 1 heterocycles. The summed E-state index contributed by atoms with van der Waals surface area (Å²) in [7, 11) is 0. The molecule has 3 heteroatoms. The van der Waals surface area contributed by atoms with Crippen LogP contribution in [0.3, 0.4) is 0 Å². The van der Waals surface area contributed by atoms with Crippen LogP contribution in [0.25, 0.3) is 56.0 Å². The van der Waals surface area contributed by atoms with Gasteiger partial charge in [0.1, 0.15) is 0 Å². The number of halogens is 2. The van der Waals surface area contributed by atoms with Gasteiger partial charge in [0.2, 0.25) is 0 Å². The Hall–Kier alpha value is -3.23. The van der Waals surface area contributed by atoms with Crippen molar-refractivity contribution in [3.8, 4) is 22.3 Å². The van der Waals surface area contributed by atoms with Crippen molar-refractivity contribution in [2.75, 3.05) is 0 Å². The molecule has 0 spiro atoms. The standard InChI is InChI=1S/2C20H15.C6H10.2ClH.Hf/c2*1-14-12-16-8-5-11-19(20(16)13-14)18-10-4-7-15-6-2-3-9-17(15)18;1-2-4-6-5-3-1;;;/h2*2-13H,1H3;1-2H,3-6H2;2*1H;/q;;;;;+2/p-2. The molecule has 1 saturated carbocycles. The molecule has 6 aromatic rings. The first kappa shape index (κ1) is 32.9. The fraction of sp³-hybridized carbons (Fsp3) is 0.217. The van der Waals surface area contributed by atoms with E-state index in [1.54, 1.807) is 22.3 Å². The number of rotatable bonds is 4. The fourth-order valence-corrected chi connectivity index (χ4v) is 46.5. The number of hydrogen-bond donors (Lipinski definition) is 0. The Labute approximate surface area is 307 Å². The molecule has 4 atom stereocenters. The minimum absolute atomic E-state index is 0. The van der Waals surface area contributed by atoms with E-state index < -0.39 is 20.0 Å². The fourth-order valence-electron chi connectivity index (χ4n) is 11.1. The van der Waals surface area contributed by atoms with Gasteiger partial charge in [-0.2, -0.15) is 0 Å². The minimum atomic E-state index is -3.18. The van der Waals surface area contributed by atoms with Gasteiger partial charge in [0, 0.05) is 0 Å². The molecule has 6 aromatic carbocycles. The van der Waals surface area contributed by atoms with Crippen molar-refractivity contribution in [1.82, 2.24) is 0 Å². The molecule has 0 bridgehead atoms. The quantitative estimate of drug-likeness (QED) is 0.164. The number of allylic oxidation sites excluding steroid dienone is 2. The van der Waals surface area contributed by atoms with Gasteiger partial charge in [-0.1, -0.05) is 0 Å². The summed E-state index contributed by atoms with van der Waals surface area (Å²) in [6.45, 7) is 5.01. The predicted molar refractivity (Wildman–Crippen MR) is 198 cm³/mol. The van der Waals surface area contributed by atoms with Gasteiger partial charge in [0.05, 0.1) is 0 Å². The van der Waals surface area contributed by atoms with Gasteiger partial charge in [0.15, 0.2) is 0 Å². The molecule has 0 amide bonds. The van der Waals surface area contributed by atoms with E-state index in [0.717, 1.165) is 7.35 Å².